The monoisotopic (exact) mass is 524 g/mol. The molecule has 1 amide bonds. The zero-order valence-electron chi connectivity index (χ0n) is 23.1. The fraction of sp³-hybridized carbons (Fsp3) is 0.500. The Balaban J connectivity index is 1.98. The molecule has 0 aliphatic heterocycles. The highest BCUT2D eigenvalue weighted by Crippen LogP contribution is 2.33. The molecule has 3 aromatic rings. The zero-order chi connectivity index (χ0) is 27.8. The molecular formula is C28H40N6O4. The summed E-state index contributed by atoms with van der Waals surface area (Å²) < 4.78 is 7.38. The van der Waals surface area contributed by atoms with Crippen LogP contribution in [-0.4, -0.2) is 52.0 Å². The number of methoxy groups -OCH3 is 1. The van der Waals surface area contributed by atoms with Gasteiger partial charge in [-0.3, -0.25) is 14.9 Å². The second kappa shape index (κ2) is 13.2. The van der Waals surface area contributed by atoms with Crippen LogP contribution in [0.25, 0.3) is 11.0 Å². The lowest BCUT2D eigenvalue weighted by Gasteiger charge is -2.24. The molecule has 10 heteroatoms. The van der Waals surface area contributed by atoms with Crippen molar-refractivity contribution in [2.75, 3.05) is 32.1 Å². The van der Waals surface area contributed by atoms with Crippen LogP contribution in [0.1, 0.15) is 57.3 Å². The van der Waals surface area contributed by atoms with Gasteiger partial charge in [-0.25, -0.2) is 4.98 Å². The Hall–Kier alpha value is -3.66. The Morgan fingerprint density at radius 1 is 1.13 bits per heavy atom. The van der Waals surface area contributed by atoms with Gasteiger partial charge in [-0.2, -0.15) is 0 Å². The minimum Gasteiger partial charge on any atom is -0.494 e. The van der Waals surface area contributed by atoms with Gasteiger partial charge in [0.15, 0.2) is 0 Å². The standard InChI is InChI=1S/C28H40N6O4/c1-19(2)11-15-32(16-12-20(3)4)27(35)21-7-9-23-25(17-21)33(14-6-13-29)28(30-23)31-24-10-8-22(34(36)37)18-26(24)38-5/h7-10,17-20H,6,11-16,29H2,1-5H3,(H,30,31). The predicted octanol–water partition coefficient (Wildman–Crippen LogP) is 5.58. The topological polar surface area (TPSA) is 129 Å². The lowest BCUT2D eigenvalue weighted by molar-refractivity contribution is -0.384. The molecule has 0 aliphatic carbocycles. The molecule has 3 N–H and O–H groups in total. The number of aromatic nitrogens is 2. The van der Waals surface area contributed by atoms with Gasteiger partial charge in [0, 0.05) is 31.3 Å². The third-order valence-electron chi connectivity index (χ3n) is 6.46. The number of hydrogen-bond acceptors (Lipinski definition) is 7. The second-order valence-electron chi connectivity index (χ2n) is 10.4. The van der Waals surface area contributed by atoms with Gasteiger partial charge in [0.2, 0.25) is 5.95 Å². The number of non-ortho nitro benzene ring substituents is 1. The quantitative estimate of drug-likeness (QED) is 0.208. The van der Waals surface area contributed by atoms with Gasteiger partial charge in [0.05, 0.1) is 34.8 Å². The summed E-state index contributed by atoms with van der Waals surface area (Å²) in [5.74, 6) is 1.91. The van der Waals surface area contributed by atoms with E-state index in [0.29, 0.717) is 54.3 Å². The number of aryl methyl sites for hydroxylation is 1. The molecule has 206 valence electrons. The van der Waals surface area contributed by atoms with E-state index in [1.807, 2.05) is 27.7 Å². The molecule has 2 aromatic carbocycles. The normalized spacial score (nSPS) is 11.4. The van der Waals surface area contributed by atoms with E-state index in [2.05, 4.69) is 33.0 Å². The smallest absolute Gasteiger partial charge is 0.273 e. The van der Waals surface area contributed by atoms with Crippen LogP contribution < -0.4 is 15.8 Å². The summed E-state index contributed by atoms with van der Waals surface area (Å²) >= 11 is 0. The molecule has 0 saturated carbocycles. The number of hydrogen-bond donors (Lipinski definition) is 2. The number of imidazole rings is 1. The molecule has 38 heavy (non-hydrogen) atoms. The van der Waals surface area contributed by atoms with Crippen LogP contribution in [0.3, 0.4) is 0 Å². The molecule has 10 nitrogen and oxygen atoms in total. The zero-order valence-corrected chi connectivity index (χ0v) is 23.1. The summed E-state index contributed by atoms with van der Waals surface area (Å²) in [6, 6.07) is 9.98. The molecule has 0 atom stereocenters. The highest BCUT2D eigenvalue weighted by Gasteiger charge is 2.20. The summed E-state index contributed by atoms with van der Waals surface area (Å²) in [7, 11) is 1.46. The molecule has 3 rings (SSSR count). The van der Waals surface area contributed by atoms with Crippen molar-refractivity contribution in [2.24, 2.45) is 17.6 Å². The number of nitrogens with two attached hydrogens (primary N) is 1. The number of benzene rings is 2. The van der Waals surface area contributed by atoms with Crippen LogP contribution in [0.15, 0.2) is 36.4 Å². The van der Waals surface area contributed by atoms with Crippen molar-refractivity contribution >= 4 is 34.3 Å². The number of nitro benzene ring substituents is 1. The maximum Gasteiger partial charge on any atom is 0.273 e. The maximum absolute atomic E-state index is 13.6. The number of anilines is 2. The Morgan fingerprint density at radius 2 is 1.82 bits per heavy atom. The van der Waals surface area contributed by atoms with Gasteiger partial charge in [-0.05, 0) is 61.9 Å². The fourth-order valence-corrected chi connectivity index (χ4v) is 4.17. The highest BCUT2D eigenvalue weighted by molar-refractivity contribution is 5.98. The van der Waals surface area contributed by atoms with Crippen LogP contribution >= 0.6 is 0 Å². The highest BCUT2D eigenvalue weighted by atomic mass is 16.6. The minimum absolute atomic E-state index is 0.0197. The van der Waals surface area contributed by atoms with Crippen molar-refractivity contribution in [2.45, 2.75) is 53.5 Å². The summed E-state index contributed by atoms with van der Waals surface area (Å²) in [4.78, 5) is 31.0. The molecule has 0 bridgehead atoms. The van der Waals surface area contributed by atoms with Crippen LogP contribution in [0.2, 0.25) is 0 Å². The van der Waals surface area contributed by atoms with Gasteiger partial charge in [0.1, 0.15) is 5.75 Å². The Labute approximate surface area is 224 Å². The number of ether oxygens (including phenoxy) is 1. The largest absolute Gasteiger partial charge is 0.494 e. The van der Waals surface area contributed by atoms with Gasteiger partial charge < -0.3 is 25.3 Å². The van der Waals surface area contributed by atoms with Gasteiger partial charge in [0.25, 0.3) is 11.6 Å². The van der Waals surface area contributed by atoms with Crippen molar-refractivity contribution in [1.29, 1.82) is 0 Å². The maximum atomic E-state index is 13.6. The molecule has 0 spiro atoms. The number of amides is 1. The van der Waals surface area contributed by atoms with Crippen molar-refractivity contribution in [3.63, 3.8) is 0 Å². The summed E-state index contributed by atoms with van der Waals surface area (Å²) in [5, 5.41) is 14.4. The van der Waals surface area contributed by atoms with E-state index in [0.717, 1.165) is 37.0 Å². The number of nitrogens with one attached hydrogen (secondary N) is 1. The van der Waals surface area contributed by atoms with Gasteiger partial charge >= 0.3 is 0 Å². The van der Waals surface area contributed by atoms with Crippen LogP contribution in [0.5, 0.6) is 5.75 Å². The number of carbonyl (C=O) groups is 1. The number of nitrogens with zero attached hydrogens (tertiary/aromatic N) is 4. The van der Waals surface area contributed by atoms with E-state index in [1.54, 1.807) is 6.07 Å². The molecular weight excluding hydrogens is 484 g/mol. The van der Waals surface area contributed by atoms with Crippen LogP contribution in [0, 0.1) is 22.0 Å². The third-order valence-corrected chi connectivity index (χ3v) is 6.46. The van der Waals surface area contributed by atoms with E-state index in [-0.39, 0.29) is 11.6 Å². The summed E-state index contributed by atoms with van der Waals surface area (Å²) in [6.45, 7) is 11.2. The van der Waals surface area contributed by atoms with E-state index >= 15 is 0 Å². The number of nitro groups is 1. The van der Waals surface area contributed by atoms with Crippen molar-refractivity contribution in [3.8, 4) is 5.75 Å². The SMILES string of the molecule is COc1cc([N+](=O)[O-])ccc1Nc1nc2ccc(C(=O)N(CCC(C)C)CCC(C)C)cc2n1CCCN. The first-order valence-electron chi connectivity index (χ1n) is 13.2. The Bertz CT molecular complexity index is 1240. The van der Waals surface area contributed by atoms with E-state index < -0.39 is 4.92 Å². The van der Waals surface area contributed by atoms with Crippen molar-refractivity contribution < 1.29 is 14.5 Å². The summed E-state index contributed by atoms with van der Waals surface area (Å²) in [6.07, 6.45) is 2.61. The van der Waals surface area contributed by atoms with Crippen molar-refractivity contribution in [1.82, 2.24) is 14.5 Å². The minimum atomic E-state index is -0.465. The average molecular weight is 525 g/mol. The fourth-order valence-electron chi connectivity index (χ4n) is 4.17. The Kier molecular flexibility index (Phi) is 10.1. The lowest BCUT2D eigenvalue weighted by Crippen LogP contribution is -2.34. The second-order valence-corrected chi connectivity index (χ2v) is 10.4. The third kappa shape index (κ3) is 7.22. The molecule has 0 fully saturated rings. The van der Waals surface area contributed by atoms with Gasteiger partial charge in [-0.15, -0.1) is 0 Å². The van der Waals surface area contributed by atoms with Gasteiger partial charge in [-0.1, -0.05) is 27.7 Å². The lowest BCUT2D eigenvalue weighted by atomic mass is 10.1. The van der Waals surface area contributed by atoms with E-state index in [4.69, 9.17) is 15.5 Å². The van der Waals surface area contributed by atoms with Crippen LogP contribution in [0.4, 0.5) is 17.3 Å². The molecule has 1 aromatic heterocycles. The number of fused-ring (bicyclic) bond motifs is 1. The number of rotatable bonds is 14. The average Bonchev–Trinajstić information content (AvgIpc) is 3.22. The van der Waals surface area contributed by atoms with Crippen LogP contribution in [-0.2, 0) is 6.54 Å². The molecule has 1 heterocycles. The first-order chi connectivity index (χ1) is 18.1. The molecule has 0 radical (unpaired) electrons. The first kappa shape index (κ1) is 28.9. The first-order valence-corrected chi connectivity index (χ1v) is 13.2. The predicted molar refractivity (Wildman–Crippen MR) is 151 cm³/mol. The van der Waals surface area contributed by atoms with E-state index in [9.17, 15) is 14.9 Å². The molecule has 0 saturated heterocycles. The molecule has 0 aliphatic rings. The van der Waals surface area contributed by atoms with E-state index in [1.165, 1.54) is 19.2 Å². The number of carbonyl (C=O) groups excluding carboxylic acids is 1. The van der Waals surface area contributed by atoms with Crippen molar-refractivity contribution in [3.05, 3.63) is 52.1 Å². The summed E-state index contributed by atoms with van der Waals surface area (Å²) in [5.41, 5.74) is 8.48. The Morgan fingerprint density at radius 3 is 2.39 bits per heavy atom. The molecule has 0 unspecified atom stereocenters.